The van der Waals surface area contributed by atoms with Gasteiger partial charge in [0.25, 0.3) is 5.91 Å². The van der Waals surface area contributed by atoms with Crippen molar-refractivity contribution in [1.29, 1.82) is 0 Å². The van der Waals surface area contributed by atoms with Crippen LogP contribution in [0.5, 0.6) is 0 Å². The quantitative estimate of drug-likeness (QED) is 0.371. The van der Waals surface area contributed by atoms with Crippen LogP contribution in [0, 0.1) is 17.8 Å². The van der Waals surface area contributed by atoms with Crippen molar-refractivity contribution in [3.63, 3.8) is 0 Å². The summed E-state index contributed by atoms with van der Waals surface area (Å²) in [4.78, 5) is 29.4. The van der Waals surface area contributed by atoms with Gasteiger partial charge in [-0.2, -0.15) is 13.8 Å². The largest absolute Gasteiger partial charge is 0.451 e. The number of hydrogen-bond acceptors (Lipinski definition) is 4. The first kappa shape index (κ1) is 22.7. The van der Waals surface area contributed by atoms with Crippen LogP contribution in [0.25, 0.3) is 11.0 Å². The molecule has 1 fully saturated rings. The molecule has 1 atom stereocenters. The molecule has 1 saturated heterocycles. The number of pyridine rings is 1. The lowest BCUT2D eigenvalue weighted by atomic mass is 10.0. The molecule has 0 radical (unpaired) electrons. The molecule has 3 aromatic rings. The highest BCUT2D eigenvalue weighted by atomic mass is 19.1. The van der Waals surface area contributed by atoms with E-state index in [2.05, 4.69) is 15.6 Å². The van der Waals surface area contributed by atoms with E-state index in [1.807, 2.05) is 29.2 Å². The predicted molar refractivity (Wildman–Crippen MR) is 120 cm³/mol. The van der Waals surface area contributed by atoms with Crippen molar-refractivity contribution in [3.8, 4) is 0 Å². The van der Waals surface area contributed by atoms with Crippen LogP contribution >= 0.6 is 0 Å². The smallest absolute Gasteiger partial charge is 0.319 e. The lowest BCUT2D eigenvalue weighted by Gasteiger charge is -2.15. The Morgan fingerprint density at radius 3 is 2.67 bits per heavy atom. The third-order valence-corrected chi connectivity index (χ3v) is 5.80. The van der Waals surface area contributed by atoms with Gasteiger partial charge in [0.15, 0.2) is 5.76 Å². The predicted octanol–water partition coefficient (Wildman–Crippen LogP) is 4.95. The van der Waals surface area contributed by atoms with Gasteiger partial charge in [0.1, 0.15) is 5.58 Å². The Morgan fingerprint density at radius 1 is 1.09 bits per heavy atom. The molecule has 0 bridgehead atoms. The molecule has 2 aromatic heterocycles. The van der Waals surface area contributed by atoms with Gasteiger partial charge in [-0.05, 0) is 37.3 Å². The highest BCUT2D eigenvalue weighted by Crippen LogP contribution is 2.26. The highest BCUT2D eigenvalue weighted by molar-refractivity contribution is 5.96. The number of rotatable bonds is 8. The number of anilines is 1. The number of urea groups is 1. The number of benzene rings is 1. The van der Waals surface area contributed by atoms with Crippen molar-refractivity contribution in [2.45, 2.75) is 32.1 Å². The Balaban J connectivity index is 1.11. The number of furan rings is 1. The molecule has 1 aliphatic rings. The van der Waals surface area contributed by atoms with Crippen LogP contribution in [-0.2, 0) is 0 Å². The van der Waals surface area contributed by atoms with Gasteiger partial charge in [-0.3, -0.25) is 4.79 Å². The van der Waals surface area contributed by atoms with Crippen LogP contribution in [0.15, 0.2) is 46.9 Å². The zero-order valence-corrected chi connectivity index (χ0v) is 18.2. The van der Waals surface area contributed by atoms with Gasteiger partial charge >= 0.3 is 6.03 Å². The Kier molecular flexibility index (Phi) is 7.16. The van der Waals surface area contributed by atoms with Crippen LogP contribution in [0.1, 0.15) is 42.7 Å². The fourth-order valence-electron chi connectivity index (χ4n) is 4.14. The lowest BCUT2D eigenvalue weighted by Crippen LogP contribution is -2.29. The number of unbranched alkanes of at least 4 members (excludes halogenated alkanes) is 2. The van der Waals surface area contributed by atoms with E-state index in [-0.39, 0.29) is 11.6 Å². The first-order valence-corrected chi connectivity index (χ1v) is 11.1. The monoisotopic (exact) mass is 456 g/mol. The number of carbonyl (C=O) groups excluding carboxylic acids is 2. The molecule has 7 nitrogen and oxygen atoms in total. The van der Waals surface area contributed by atoms with Crippen LogP contribution in [0.3, 0.4) is 0 Å². The Hall–Kier alpha value is -3.49. The molecule has 3 heterocycles. The molecule has 3 amide bonds. The minimum atomic E-state index is -0.991. The second kappa shape index (κ2) is 10.4. The molecule has 2 N–H and O–H groups in total. The Labute approximate surface area is 190 Å². The van der Waals surface area contributed by atoms with Gasteiger partial charge in [-0.25, -0.2) is 4.79 Å². The standard InChI is InChI=1S/C24H26F2N4O3/c25-21-13-18(14-22(26)29-21)28-24(32)27-10-5-1-2-6-16-9-11-30(15-16)23(31)20-12-17-7-3-4-8-19(17)33-20/h3-4,7-8,12-14,16H,1-2,5-6,9-11,15H2,(H2,27,28,29,32). The Bertz CT molecular complexity index is 1080. The maximum absolute atomic E-state index is 13.0. The third kappa shape index (κ3) is 6.06. The zero-order valence-electron chi connectivity index (χ0n) is 18.2. The summed E-state index contributed by atoms with van der Waals surface area (Å²) in [5.74, 6) is -1.19. The summed E-state index contributed by atoms with van der Waals surface area (Å²) in [5, 5.41) is 5.98. The van der Waals surface area contributed by atoms with Crippen molar-refractivity contribution in [2.75, 3.05) is 25.0 Å². The van der Waals surface area contributed by atoms with Crippen LogP contribution in [-0.4, -0.2) is 41.5 Å². The number of carbonyl (C=O) groups is 2. The van der Waals surface area contributed by atoms with E-state index >= 15 is 0 Å². The molecule has 1 unspecified atom stereocenters. The molecule has 1 aliphatic heterocycles. The second-order valence-electron chi connectivity index (χ2n) is 8.29. The van der Waals surface area contributed by atoms with E-state index in [1.165, 1.54) is 0 Å². The molecule has 4 rings (SSSR count). The molecule has 0 spiro atoms. The molecule has 9 heteroatoms. The topological polar surface area (TPSA) is 87.5 Å². The molecule has 174 valence electrons. The summed E-state index contributed by atoms with van der Waals surface area (Å²) in [7, 11) is 0. The Morgan fingerprint density at radius 2 is 1.88 bits per heavy atom. The first-order valence-electron chi connectivity index (χ1n) is 11.1. The summed E-state index contributed by atoms with van der Waals surface area (Å²) in [5.41, 5.74) is 0.736. The van der Waals surface area contributed by atoms with Crippen molar-refractivity contribution >= 4 is 28.6 Å². The zero-order chi connectivity index (χ0) is 23.2. The maximum atomic E-state index is 13.0. The fourth-order valence-corrected chi connectivity index (χ4v) is 4.14. The molecule has 0 aliphatic carbocycles. The first-order chi connectivity index (χ1) is 16.0. The lowest BCUT2D eigenvalue weighted by molar-refractivity contribution is 0.0757. The van der Waals surface area contributed by atoms with Gasteiger partial charge < -0.3 is 20.0 Å². The van der Waals surface area contributed by atoms with Crippen LogP contribution in [0.4, 0.5) is 19.3 Å². The third-order valence-electron chi connectivity index (χ3n) is 5.80. The molecule has 1 aromatic carbocycles. The summed E-state index contributed by atoms with van der Waals surface area (Å²) < 4.78 is 31.8. The number of nitrogens with one attached hydrogen (secondary N) is 2. The SMILES string of the molecule is O=C(NCCCCCC1CCN(C(=O)c2cc3ccccc3o2)C1)Nc1cc(F)nc(F)c1. The summed E-state index contributed by atoms with van der Waals surface area (Å²) in [6.45, 7) is 1.93. The van der Waals surface area contributed by atoms with E-state index in [1.54, 1.807) is 6.07 Å². The maximum Gasteiger partial charge on any atom is 0.319 e. The molecule has 33 heavy (non-hydrogen) atoms. The van der Waals surface area contributed by atoms with Crippen molar-refractivity contribution in [2.24, 2.45) is 5.92 Å². The van der Waals surface area contributed by atoms with Crippen molar-refractivity contribution < 1.29 is 22.8 Å². The average Bonchev–Trinajstić information content (AvgIpc) is 3.42. The summed E-state index contributed by atoms with van der Waals surface area (Å²) in [6.07, 6.45) is 4.73. The number of hydrogen-bond donors (Lipinski definition) is 2. The number of aromatic nitrogens is 1. The van der Waals surface area contributed by atoms with Gasteiger partial charge in [-0.15, -0.1) is 0 Å². The van der Waals surface area contributed by atoms with Crippen LogP contribution < -0.4 is 10.6 Å². The number of halogens is 2. The number of fused-ring (bicyclic) bond motifs is 1. The highest BCUT2D eigenvalue weighted by Gasteiger charge is 2.28. The number of likely N-dealkylation sites (tertiary alicyclic amines) is 1. The van der Waals surface area contributed by atoms with E-state index in [0.717, 1.165) is 68.3 Å². The van der Waals surface area contributed by atoms with E-state index in [4.69, 9.17) is 4.42 Å². The molecular weight excluding hydrogens is 430 g/mol. The van der Waals surface area contributed by atoms with Gasteiger partial charge in [0, 0.05) is 37.2 Å². The van der Waals surface area contributed by atoms with Crippen molar-refractivity contribution in [1.82, 2.24) is 15.2 Å². The number of amides is 3. The van der Waals surface area contributed by atoms with Crippen LogP contribution in [0.2, 0.25) is 0 Å². The van der Waals surface area contributed by atoms with Gasteiger partial charge in [0.2, 0.25) is 11.9 Å². The average molecular weight is 456 g/mol. The second-order valence-corrected chi connectivity index (χ2v) is 8.29. The molecule has 0 saturated carbocycles. The number of para-hydroxylation sites is 1. The minimum Gasteiger partial charge on any atom is -0.451 e. The van der Waals surface area contributed by atoms with E-state index < -0.39 is 17.9 Å². The minimum absolute atomic E-state index is 0.0143. The summed E-state index contributed by atoms with van der Waals surface area (Å²) in [6, 6.07) is 10.8. The fraction of sp³-hybridized carbons (Fsp3) is 0.375. The summed E-state index contributed by atoms with van der Waals surface area (Å²) >= 11 is 0. The van der Waals surface area contributed by atoms with E-state index in [9.17, 15) is 18.4 Å². The normalized spacial score (nSPS) is 15.7. The van der Waals surface area contributed by atoms with Gasteiger partial charge in [0.05, 0.1) is 5.69 Å². The van der Waals surface area contributed by atoms with Gasteiger partial charge in [-0.1, -0.05) is 31.0 Å². The molecular formula is C24H26F2N4O3. The van der Waals surface area contributed by atoms with E-state index in [0.29, 0.717) is 18.2 Å². The van der Waals surface area contributed by atoms with Crippen molar-refractivity contribution in [3.05, 3.63) is 60.1 Å². The number of nitrogens with zero attached hydrogens (tertiary/aromatic N) is 2.